The van der Waals surface area contributed by atoms with E-state index < -0.39 is 5.51 Å². The van der Waals surface area contributed by atoms with Crippen LogP contribution < -0.4 is 5.43 Å². The SMILES string of the molecule is Cc1csc(NN=Cc2ccc(SC(F)(F)F)cc2)n1. The number of alkyl halides is 3. The van der Waals surface area contributed by atoms with Gasteiger partial charge in [0.15, 0.2) is 0 Å². The van der Waals surface area contributed by atoms with Gasteiger partial charge in [-0.25, -0.2) is 4.98 Å². The number of benzene rings is 1. The number of halogens is 3. The third kappa shape index (κ3) is 4.86. The monoisotopic (exact) mass is 317 g/mol. The van der Waals surface area contributed by atoms with E-state index in [4.69, 9.17) is 0 Å². The van der Waals surface area contributed by atoms with Gasteiger partial charge in [0.05, 0.1) is 11.9 Å². The molecule has 0 fully saturated rings. The lowest BCUT2D eigenvalue weighted by molar-refractivity contribution is -0.0328. The van der Waals surface area contributed by atoms with E-state index in [1.54, 1.807) is 12.1 Å². The molecule has 106 valence electrons. The van der Waals surface area contributed by atoms with Gasteiger partial charge in [-0.05, 0) is 36.4 Å². The number of hydrogen-bond acceptors (Lipinski definition) is 5. The molecule has 1 aromatic carbocycles. The summed E-state index contributed by atoms with van der Waals surface area (Å²) in [6, 6.07) is 5.97. The fourth-order valence-corrected chi connectivity index (χ4v) is 2.50. The number of thioether (sulfide) groups is 1. The molecule has 0 spiro atoms. The molecule has 0 radical (unpaired) electrons. The van der Waals surface area contributed by atoms with E-state index >= 15 is 0 Å². The van der Waals surface area contributed by atoms with E-state index in [1.165, 1.54) is 29.7 Å². The zero-order valence-electron chi connectivity index (χ0n) is 10.3. The first-order valence-electron chi connectivity index (χ1n) is 5.49. The fourth-order valence-electron chi connectivity index (χ4n) is 1.32. The van der Waals surface area contributed by atoms with Crippen LogP contribution in [0.15, 0.2) is 39.6 Å². The largest absolute Gasteiger partial charge is 0.446 e. The molecule has 0 aliphatic heterocycles. The summed E-state index contributed by atoms with van der Waals surface area (Å²) in [5.74, 6) is 0. The Balaban J connectivity index is 1.93. The van der Waals surface area contributed by atoms with Crippen LogP contribution in [-0.4, -0.2) is 16.7 Å². The maximum absolute atomic E-state index is 12.2. The minimum absolute atomic E-state index is 0.136. The van der Waals surface area contributed by atoms with Gasteiger partial charge in [-0.3, -0.25) is 5.43 Å². The van der Waals surface area contributed by atoms with Crippen molar-refractivity contribution in [3.05, 3.63) is 40.9 Å². The molecule has 1 heterocycles. The Labute approximate surface area is 121 Å². The lowest BCUT2D eigenvalue weighted by Gasteiger charge is -2.04. The number of hydrogen-bond donors (Lipinski definition) is 1. The summed E-state index contributed by atoms with van der Waals surface area (Å²) in [5, 5.41) is 6.53. The van der Waals surface area contributed by atoms with E-state index in [1.807, 2.05) is 12.3 Å². The van der Waals surface area contributed by atoms with Gasteiger partial charge in [-0.15, -0.1) is 11.3 Å². The van der Waals surface area contributed by atoms with E-state index in [9.17, 15) is 13.2 Å². The molecule has 0 saturated heterocycles. The Morgan fingerprint density at radius 2 is 2.00 bits per heavy atom. The van der Waals surface area contributed by atoms with Crippen LogP contribution >= 0.6 is 23.1 Å². The summed E-state index contributed by atoms with van der Waals surface area (Å²) in [6.45, 7) is 1.88. The van der Waals surface area contributed by atoms with E-state index in [0.29, 0.717) is 10.7 Å². The molecule has 8 heteroatoms. The Morgan fingerprint density at radius 3 is 2.55 bits per heavy atom. The predicted molar refractivity (Wildman–Crippen MR) is 76.4 cm³/mol. The molecule has 0 amide bonds. The maximum Gasteiger partial charge on any atom is 0.446 e. The second-order valence-electron chi connectivity index (χ2n) is 3.78. The molecule has 20 heavy (non-hydrogen) atoms. The second kappa shape index (κ2) is 6.27. The number of thiazole rings is 1. The van der Waals surface area contributed by atoms with Gasteiger partial charge < -0.3 is 0 Å². The first-order valence-corrected chi connectivity index (χ1v) is 7.19. The van der Waals surface area contributed by atoms with Gasteiger partial charge in [-0.1, -0.05) is 12.1 Å². The molecule has 0 unspecified atom stereocenters. The van der Waals surface area contributed by atoms with Gasteiger partial charge in [-0.2, -0.15) is 18.3 Å². The van der Waals surface area contributed by atoms with Crippen molar-refractivity contribution < 1.29 is 13.2 Å². The highest BCUT2D eigenvalue weighted by molar-refractivity contribution is 8.00. The fraction of sp³-hybridized carbons (Fsp3) is 0.167. The number of nitrogens with one attached hydrogen (secondary N) is 1. The Morgan fingerprint density at radius 1 is 1.30 bits per heavy atom. The van der Waals surface area contributed by atoms with Crippen LogP contribution in [0.25, 0.3) is 0 Å². The number of anilines is 1. The van der Waals surface area contributed by atoms with Crippen LogP contribution in [0.5, 0.6) is 0 Å². The molecule has 3 nitrogen and oxygen atoms in total. The van der Waals surface area contributed by atoms with Crippen LogP contribution in [0.2, 0.25) is 0 Å². The summed E-state index contributed by atoms with van der Waals surface area (Å²) < 4.78 is 36.5. The molecular formula is C12H10F3N3S2. The highest BCUT2D eigenvalue weighted by atomic mass is 32.2. The van der Waals surface area contributed by atoms with E-state index in [-0.39, 0.29) is 16.7 Å². The summed E-state index contributed by atoms with van der Waals surface area (Å²) >= 11 is 1.29. The van der Waals surface area contributed by atoms with Crippen molar-refractivity contribution in [3.8, 4) is 0 Å². The zero-order chi connectivity index (χ0) is 14.6. The second-order valence-corrected chi connectivity index (χ2v) is 5.78. The molecule has 0 atom stereocenters. The molecule has 1 aromatic heterocycles. The molecule has 0 saturated carbocycles. The minimum Gasteiger partial charge on any atom is -0.253 e. The van der Waals surface area contributed by atoms with E-state index in [2.05, 4.69) is 15.5 Å². The summed E-state index contributed by atoms with van der Waals surface area (Å²) in [7, 11) is 0. The molecule has 0 aliphatic carbocycles. The van der Waals surface area contributed by atoms with Crippen molar-refractivity contribution in [1.29, 1.82) is 0 Å². The quantitative estimate of drug-likeness (QED) is 0.512. The lowest BCUT2D eigenvalue weighted by Crippen LogP contribution is -1.98. The van der Waals surface area contributed by atoms with Crippen molar-refractivity contribution in [1.82, 2.24) is 4.98 Å². The van der Waals surface area contributed by atoms with E-state index in [0.717, 1.165) is 5.69 Å². The topological polar surface area (TPSA) is 37.3 Å². The smallest absolute Gasteiger partial charge is 0.253 e. The third-order valence-electron chi connectivity index (χ3n) is 2.11. The summed E-state index contributed by atoms with van der Waals surface area (Å²) in [6.07, 6.45) is 1.53. The average Bonchev–Trinajstić information content (AvgIpc) is 2.75. The van der Waals surface area contributed by atoms with Gasteiger partial charge in [0.2, 0.25) is 5.13 Å². The van der Waals surface area contributed by atoms with Gasteiger partial charge >= 0.3 is 5.51 Å². The first-order chi connectivity index (χ1) is 9.42. The van der Waals surface area contributed by atoms with Crippen LogP contribution in [0.3, 0.4) is 0 Å². The molecule has 0 aliphatic rings. The minimum atomic E-state index is -4.26. The Kier molecular flexibility index (Phi) is 4.66. The van der Waals surface area contributed by atoms with Crippen LogP contribution in [0, 0.1) is 6.92 Å². The van der Waals surface area contributed by atoms with Crippen LogP contribution in [-0.2, 0) is 0 Å². The molecular weight excluding hydrogens is 307 g/mol. The van der Waals surface area contributed by atoms with Crippen molar-refractivity contribution in [3.63, 3.8) is 0 Å². The highest BCUT2D eigenvalue weighted by Gasteiger charge is 2.28. The van der Waals surface area contributed by atoms with Gasteiger partial charge in [0.1, 0.15) is 0 Å². The maximum atomic E-state index is 12.2. The summed E-state index contributed by atoms with van der Waals surface area (Å²) in [4.78, 5) is 4.31. The Bertz CT molecular complexity index is 591. The van der Waals surface area contributed by atoms with Gasteiger partial charge in [0, 0.05) is 10.3 Å². The third-order valence-corrected chi connectivity index (χ3v) is 3.71. The number of rotatable bonds is 4. The number of nitrogens with zero attached hydrogens (tertiary/aromatic N) is 2. The zero-order valence-corrected chi connectivity index (χ0v) is 11.9. The highest BCUT2D eigenvalue weighted by Crippen LogP contribution is 2.36. The molecule has 2 aromatic rings. The average molecular weight is 317 g/mol. The Hall–Kier alpha value is -1.54. The van der Waals surface area contributed by atoms with Crippen molar-refractivity contribution in [2.45, 2.75) is 17.3 Å². The number of hydrazone groups is 1. The first kappa shape index (κ1) is 14.9. The molecule has 0 bridgehead atoms. The van der Waals surface area contributed by atoms with Crippen molar-refractivity contribution >= 4 is 34.4 Å². The number of aromatic nitrogens is 1. The van der Waals surface area contributed by atoms with Crippen molar-refractivity contribution in [2.75, 3.05) is 5.43 Å². The lowest BCUT2D eigenvalue weighted by atomic mass is 10.2. The molecule has 1 N–H and O–H groups in total. The predicted octanol–water partition coefficient (Wildman–Crippen LogP) is 4.51. The van der Waals surface area contributed by atoms with Crippen LogP contribution in [0.4, 0.5) is 18.3 Å². The molecule has 2 rings (SSSR count). The van der Waals surface area contributed by atoms with Gasteiger partial charge in [0.25, 0.3) is 0 Å². The standard InChI is InChI=1S/C12H10F3N3S2/c1-8-7-19-11(17-8)18-16-6-9-2-4-10(5-3-9)20-12(13,14)15/h2-7H,1H3,(H,17,18). The van der Waals surface area contributed by atoms with Crippen LogP contribution in [0.1, 0.15) is 11.3 Å². The van der Waals surface area contributed by atoms with Crippen molar-refractivity contribution in [2.24, 2.45) is 5.10 Å². The normalized spacial score (nSPS) is 12.0. The number of aryl methyl sites for hydroxylation is 1. The summed E-state index contributed by atoms with van der Waals surface area (Å²) in [5.41, 5.74) is 0.104.